The lowest BCUT2D eigenvalue weighted by Crippen LogP contribution is -2.29. The normalized spacial score (nSPS) is 12.1. The van der Waals surface area contributed by atoms with Crippen molar-refractivity contribution in [1.29, 1.82) is 0 Å². The van der Waals surface area contributed by atoms with E-state index in [1.165, 1.54) is 0 Å². The van der Waals surface area contributed by atoms with Gasteiger partial charge in [-0.15, -0.1) is 0 Å². The molecular weight excluding hydrogens is 266 g/mol. The van der Waals surface area contributed by atoms with Crippen LogP contribution < -0.4 is 4.90 Å². The summed E-state index contributed by atoms with van der Waals surface area (Å²) in [4.78, 5) is 13.0. The van der Waals surface area contributed by atoms with Crippen molar-refractivity contribution in [3.05, 3.63) is 53.5 Å². The number of carbonyl (C=O) groups is 1. The smallest absolute Gasteiger partial charge is 0.305 e. The number of hydrogen-bond acceptors (Lipinski definition) is 3. The summed E-state index contributed by atoms with van der Waals surface area (Å²) in [6.45, 7) is 6.42. The van der Waals surface area contributed by atoms with E-state index in [1.54, 1.807) is 0 Å². The molecule has 1 aromatic heterocycles. The quantitative estimate of drug-likeness (QED) is 0.874. The topological polar surface area (TPSA) is 53.7 Å². The van der Waals surface area contributed by atoms with Crippen LogP contribution in [0.3, 0.4) is 0 Å². The van der Waals surface area contributed by atoms with Crippen LogP contribution in [0.25, 0.3) is 0 Å². The fourth-order valence-corrected chi connectivity index (χ4v) is 2.46. The number of para-hydroxylation sites is 1. The summed E-state index contributed by atoms with van der Waals surface area (Å²) >= 11 is 0. The van der Waals surface area contributed by atoms with Crippen molar-refractivity contribution < 1.29 is 14.3 Å². The predicted molar refractivity (Wildman–Crippen MR) is 82.6 cm³/mol. The third kappa shape index (κ3) is 3.66. The van der Waals surface area contributed by atoms with E-state index in [0.29, 0.717) is 6.54 Å². The minimum atomic E-state index is -0.795. The Kier molecular flexibility index (Phi) is 4.68. The molecule has 0 spiro atoms. The van der Waals surface area contributed by atoms with E-state index in [-0.39, 0.29) is 12.5 Å². The van der Waals surface area contributed by atoms with Crippen molar-refractivity contribution in [3.8, 4) is 0 Å². The Morgan fingerprint density at radius 3 is 2.52 bits per heavy atom. The predicted octanol–water partition coefficient (Wildman–Crippen LogP) is 3.94. The summed E-state index contributed by atoms with van der Waals surface area (Å²) in [6.07, 6.45) is 0.0956. The van der Waals surface area contributed by atoms with Gasteiger partial charge in [0.15, 0.2) is 0 Å². The van der Waals surface area contributed by atoms with Crippen LogP contribution in [0, 0.1) is 13.8 Å². The second kappa shape index (κ2) is 6.48. The number of benzene rings is 1. The maximum atomic E-state index is 10.9. The molecular formula is C17H21NO3. The number of aliphatic carboxylic acids is 1. The first kappa shape index (κ1) is 15.2. The Morgan fingerprint density at radius 2 is 1.95 bits per heavy atom. The molecule has 0 radical (unpaired) electrons. The molecule has 1 atom stereocenters. The number of carboxylic acid groups (broad SMARTS) is 1. The van der Waals surface area contributed by atoms with Crippen LogP contribution in [0.1, 0.15) is 36.5 Å². The van der Waals surface area contributed by atoms with E-state index in [1.807, 2.05) is 57.2 Å². The molecule has 1 unspecified atom stereocenters. The standard InChI is InChI=1S/C17H21NO3/c1-12-6-4-5-7-15(12)18(11-10-17(19)20)14(3)16-9-8-13(2)21-16/h4-9,14H,10-11H2,1-3H3,(H,19,20). The van der Waals surface area contributed by atoms with Gasteiger partial charge in [0.2, 0.25) is 0 Å². The summed E-state index contributed by atoms with van der Waals surface area (Å²) in [5, 5.41) is 8.98. The van der Waals surface area contributed by atoms with Crippen molar-refractivity contribution in [1.82, 2.24) is 0 Å². The second-order valence-electron chi connectivity index (χ2n) is 5.25. The summed E-state index contributed by atoms with van der Waals surface area (Å²) in [6, 6.07) is 11.9. The molecule has 0 bridgehead atoms. The first-order chi connectivity index (χ1) is 9.99. The molecule has 0 aliphatic rings. The number of nitrogens with zero attached hydrogens (tertiary/aromatic N) is 1. The molecule has 0 saturated carbocycles. The van der Waals surface area contributed by atoms with Crippen molar-refractivity contribution in [2.75, 3.05) is 11.4 Å². The average Bonchev–Trinajstić information content (AvgIpc) is 2.87. The van der Waals surface area contributed by atoms with Crippen LogP contribution in [0.4, 0.5) is 5.69 Å². The molecule has 0 aliphatic heterocycles. The summed E-state index contributed by atoms with van der Waals surface area (Å²) in [7, 11) is 0. The van der Waals surface area contributed by atoms with E-state index >= 15 is 0 Å². The van der Waals surface area contributed by atoms with Gasteiger partial charge in [-0.1, -0.05) is 18.2 Å². The van der Waals surface area contributed by atoms with Gasteiger partial charge in [-0.05, 0) is 44.5 Å². The van der Waals surface area contributed by atoms with Crippen LogP contribution in [-0.2, 0) is 4.79 Å². The zero-order chi connectivity index (χ0) is 15.4. The van der Waals surface area contributed by atoms with Gasteiger partial charge < -0.3 is 14.4 Å². The van der Waals surface area contributed by atoms with Crippen LogP contribution in [0.5, 0.6) is 0 Å². The van der Waals surface area contributed by atoms with E-state index in [9.17, 15) is 4.79 Å². The number of hydrogen-bond donors (Lipinski definition) is 1. The molecule has 1 heterocycles. The molecule has 112 valence electrons. The second-order valence-corrected chi connectivity index (χ2v) is 5.25. The van der Waals surface area contributed by atoms with Crippen LogP contribution in [-0.4, -0.2) is 17.6 Å². The SMILES string of the molecule is Cc1ccc(C(C)N(CCC(=O)O)c2ccccc2C)o1. The Morgan fingerprint density at radius 1 is 1.24 bits per heavy atom. The van der Waals surface area contributed by atoms with Crippen LogP contribution in [0.2, 0.25) is 0 Å². The van der Waals surface area contributed by atoms with Crippen LogP contribution >= 0.6 is 0 Å². The molecule has 0 saturated heterocycles. The number of aryl methyl sites for hydroxylation is 2. The highest BCUT2D eigenvalue weighted by molar-refractivity contribution is 5.68. The van der Waals surface area contributed by atoms with Gasteiger partial charge in [0, 0.05) is 12.2 Å². The minimum absolute atomic E-state index is 0.0147. The molecule has 0 aliphatic carbocycles. The zero-order valence-electron chi connectivity index (χ0n) is 12.7. The van der Waals surface area contributed by atoms with Gasteiger partial charge >= 0.3 is 5.97 Å². The zero-order valence-corrected chi connectivity index (χ0v) is 12.7. The molecule has 2 rings (SSSR count). The number of carboxylic acids is 1. The van der Waals surface area contributed by atoms with Gasteiger partial charge in [0.05, 0.1) is 12.5 Å². The fraction of sp³-hybridized carbons (Fsp3) is 0.353. The van der Waals surface area contributed by atoms with Gasteiger partial charge in [-0.25, -0.2) is 0 Å². The van der Waals surface area contributed by atoms with Crippen molar-refractivity contribution in [2.45, 2.75) is 33.2 Å². The van der Waals surface area contributed by atoms with Crippen molar-refractivity contribution in [2.24, 2.45) is 0 Å². The molecule has 4 heteroatoms. The Labute approximate surface area is 125 Å². The lowest BCUT2D eigenvalue weighted by Gasteiger charge is -2.31. The highest BCUT2D eigenvalue weighted by atomic mass is 16.4. The maximum Gasteiger partial charge on any atom is 0.305 e. The Hall–Kier alpha value is -2.23. The van der Waals surface area contributed by atoms with E-state index in [0.717, 1.165) is 22.8 Å². The summed E-state index contributed by atoms with van der Waals surface area (Å²) in [5.41, 5.74) is 2.17. The summed E-state index contributed by atoms with van der Waals surface area (Å²) in [5.74, 6) is 0.914. The van der Waals surface area contributed by atoms with E-state index < -0.39 is 5.97 Å². The average molecular weight is 287 g/mol. The lowest BCUT2D eigenvalue weighted by molar-refractivity contribution is -0.136. The van der Waals surface area contributed by atoms with Crippen molar-refractivity contribution in [3.63, 3.8) is 0 Å². The van der Waals surface area contributed by atoms with E-state index in [4.69, 9.17) is 9.52 Å². The first-order valence-corrected chi connectivity index (χ1v) is 7.09. The highest BCUT2D eigenvalue weighted by Crippen LogP contribution is 2.30. The van der Waals surface area contributed by atoms with Gasteiger partial charge in [0.25, 0.3) is 0 Å². The molecule has 1 aromatic carbocycles. The van der Waals surface area contributed by atoms with Crippen LogP contribution in [0.15, 0.2) is 40.8 Å². The Balaban J connectivity index is 2.31. The maximum absolute atomic E-state index is 10.9. The molecule has 2 aromatic rings. The third-order valence-electron chi connectivity index (χ3n) is 3.63. The van der Waals surface area contributed by atoms with Crippen molar-refractivity contribution >= 4 is 11.7 Å². The van der Waals surface area contributed by atoms with Gasteiger partial charge in [-0.2, -0.15) is 0 Å². The number of furan rings is 1. The minimum Gasteiger partial charge on any atom is -0.481 e. The number of rotatable bonds is 6. The molecule has 1 N–H and O–H groups in total. The number of anilines is 1. The van der Waals surface area contributed by atoms with Gasteiger partial charge in [-0.3, -0.25) is 4.79 Å². The lowest BCUT2D eigenvalue weighted by atomic mass is 10.1. The van der Waals surface area contributed by atoms with E-state index in [2.05, 4.69) is 4.90 Å². The first-order valence-electron chi connectivity index (χ1n) is 7.09. The molecule has 0 amide bonds. The largest absolute Gasteiger partial charge is 0.481 e. The molecule has 0 fully saturated rings. The Bertz CT molecular complexity index is 618. The molecule has 4 nitrogen and oxygen atoms in total. The summed E-state index contributed by atoms with van der Waals surface area (Å²) < 4.78 is 5.71. The molecule has 21 heavy (non-hydrogen) atoms. The fourth-order valence-electron chi connectivity index (χ4n) is 2.46. The van der Waals surface area contributed by atoms with Gasteiger partial charge in [0.1, 0.15) is 11.5 Å². The third-order valence-corrected chi connectivity index (χ3v) is 3.63. The highest BCUT2D eigenvalue weighted by Gasteiger charge is 2.21. The monoisotopic (exact) mass is 287 g/mol.